The van der Waals surface area contributed by atoms with Crippen LogP contribution in [0.1, 0.15) is 25.0 Å². The lowest BCUT2D eigenvalue weighted by atomic mass is 9.82. The number of benzene rings is 6. The third-order valence-corrected chi connectivity index (χ3v) is 9.28. The van der Waals surface area contributed by atoms with E-state index in [4.69, 9.17) is 14.4 Å². The van der Waals surface area contributed by atoms with Crippen molar-refractivity contribution >= 4 is 32.7 Å². The molecule has 0 amide bonds. The quantitative estimate of drug-likeness (QED) is 0.214. The second kappa shape index (κ2) is 9.23. The Bertz CT molecular complexity index is 2420. The highest BCUT2D eigenvalue weighted by atomic mass is 16.3. The summed E-state index contributed by atoms with van der Waals surface area (Å²) in [6.45, 7) is 4.63. The molecular weight excluding hydrogens is 536 g/mol. The van der Waals surface area contributed by atoms with Gasteiger partial charge in [0.25, 0.3) is 0 Å². The summed E-state index contributed by atoms with van der Waals surface area (Å²) in [6, 6.07) is 46.9. The van der Waals surface area contributed by atoms with Crippen LogP contribution in [0.3, 0.4) is 0 Å². The van der Waals surface area contributed by atoms with Gasteiger partial charge in [0.05, 0.1) is 11.4 Å². The highest BCUT2D eigenvalue weighted by molar-refractivity contribution is 6.15. The number of hydrogen-bond donors (Lipinski definition) is 0. The first-order valence-corrected chi connectivity index (χ1v) is 15.1. The average Bonchev–Trinajstić information content (AvgIpc) is 3.56. The second-order valence-electron chi connectivity index (χ2n) is 12.2. The van der Waals surface area contributed by atoms with Gasteiger partial charge in [0.2, 0.25) is 0 Å². The molecule has 2 heterocycles. The Balaban J connectivity index is 1.28. The first-order valence-electron chi connectivity index (χ1n) is 15.1. The number of fused-ring (bicyclic) bond motifs is 8. The minimum absolute atomic E-state index is 0.140. The van der Waals surface area contributed by atoms with Crippen LogP contribution >= 0.6 is 0 Å². The van der Waals surface area contributed by atoms with E-state index < -0.39 is 0 Å². The molecule has 0 saturated heterocycles. The zero-order chi connectivity index (χ0) is 29.4. The Morgan fingerprint density at radius 1 is 0.523 bits per heavy atom. The predicted octanol–water partition coefficient (Wildman–Crippen LogP) is 10.8. The Morgan fingerprint density at radius 2 is 1.23 bits per heavy atom. The van der Waals surface area contributed by atoms with Crippen LogP contribution in [0.2, 0.25) is 0 Å². The Morgan fingerprint density at radius 3 is 2.09 bits per heavy atom. The molecule has 208 valence electrons. The van der Waals surface area contributed by atoms with Crippen molar-refractivity contribution in [3.63, 3.8) is 0 Å². The maximum absolute atomic E-state index is 6.31. The summed E-state index contributed by atoms with van der Waals surface area (Å²) in [5, 5.41) is 4.73. The van der Waals surface area contributed by atoms with E-state index in [1.54, 1.807) is 0 Å². The molecule has 0 bridgehead atoms. The third-order valence-electron chi connectivity index (χ3n) is 9.28. The standard InChI is InChI=1S/C41H28N2O/c1-41(2)32-19-18-29(23-31(32)38-33(41)20-21-37-39(38)30-14-8-9-15-36(30)44-37)40-42-34(26-11-4-3-5-12-26)24-35(43-40)28-17-16-25-10-6-7-13-27(25)22-28/h3-24H,1-2H3. The van der Waals surface area contributed by atoms with Crippen LogP contribution < -0.4 is 0 Å². The summed E-state index contributed by atoms with van der Waals surface area (Å²) in [6.07, 6.45) is 0. The number of furan rings is 1. The fourth-order valence-electron chi connectivity index (χ4n) is 7.03. The zero-order valence-corrected chi connectivity index (χ0v) is 24.5. The normalized spacial score (nSPS) is 13.4. The van der Waals surface area contributed by atoms with Gasteiger partial charge < -0.3 is 4.42 Å². The molecule has 0 saturated carbocycles. The van der Waals surface area contributed by atoms with Crippen LogP contribution in [0, 0.1) is 0 Å². The number of para-hydroxylation sites is 1. The molecule has 0 fully saturated rings. The molecule has 0 spiro atoms. The van der Waals surface area contributed by atoms with Gasteiger partial charge in [0.15, 0.2) is 5.82 Å². The molecular formula is C41H28N2O. The summed E-state index contributed by atoms with van der Waals surface area (Å²) in [5.74, 6) is 0.716. The molecule has 0 aliphatic heterocycles. The van der Waals surface area contributed by atoms with Gasteiger partial charge in [-0.2, -0.15) is 0 Å². The predicted molar refractivity (Wildman–Crippen MR) is 181 cm³/mol. The highest BCUT2D eigenvalue weighted by Gasteiger charge is 2.37. The van der Waals surface area contributed by atoms with Gasteiger partial charge >= 0.3 is 0 Å². The van der Waals surface area contributed by atoms with Crippen LogP contribution in [0.25, 0.3) is 77.7 Å². The van der Waals surface area contributed by atoms with E-state index in [9.17, 15) is 0 Å². The van der Waals surface area contributed by atoms with Crippen molar-refractivity contribution in [2.75, 3.05) is 0 Å². The van der Waals surface area contributed by atoms with E-state index in [1.807, 2.05) is 12.1 Å². The molecule has 0 atom stereocenters. The van der Waals surface area contributed by atoms with Crippen molar-refractivity contribution in [2.45, 2.75) is 19.3 Å². The monoisotopic (exact) mass is 564 g/mol. The van der Waals surface area contributed by atoms with Crippen LogP contribution in [0.15, 0.2) is 138 Å². The first kappa shape index (κ1) is 25.0. The lowest BCUT2D eigenvalue weighted by molar-refractivity contribution is 0.656. The molecule has 9 rings (SSSR count). The molecule has 0 unspecified atom stereocenters. The van der Waals surface area contributed by atoms with Crippen LogP contribution in [-0.2, 0) is 5.41 Å². The zero-order valence-electron chi connectivity index (χ0n) is 24.5. The van der Waals surface area contributed by atoms with E-state index >= 15 is 0 Å². The summed E-state index contributed by atoms with van der Waals surface area (Å²) in [4.78, 5) is 10.3. The minimum Gasteiger partial charge on any atom is -0.456 e. The van der Waals surface area contributed by atoms with E-state index in [2.05, 4.69) is 135 Å². The number of aromatic nitrogens is 2. The van der Waals surface area contributed by atoms with Gasteiger partial charge in [-0.05, 0) is 63.4 Å². The van der Waals surface area contributed by atoms with Crippen molar-refractivity contribution in [2.24, 2.45) is 0 Å². The largest absolute Gasteiger partial charge is 0.456 e. The smallest absolute Gasteiger partial charge is 0.160 e. The van der Waals surface area contributed by atoms with E-state index in [0.29, 0.717) is 5.82 Å². The van der Waals surface area contributed by atoms with Crippen molar-refractivity contribution in [3.05, 3.63) is 145 Å². The molecule has 3 nitrogen and oxygen atoms in total. The van der Waals surface area contributed by atoms with Gasteiger partial charge in [-0.3, -0.25) is 0 Å². The minimum atomic E-state index is -0.140. The Kier molecular flexibility index (Phi) is 5.24. The molecule has 44 heavy (non-hydrogen) atoms. The molecule has 0 N–H and O–H groups in total. The van der Waals surface area contributed by atoms with E-state index in [1.165, 1.54) is 38.4 Å². The summed E-state index contributed by atoms with van der Waals surface area (Å²) in [7, 11) is 0. The summed E-state index contributed by atoms with van der Waals surface area (Å²) in [5.41, 5.74) is 11.7. The van der Waals surface area contributed by atoms with Crippen molar-refractivity contribution in [3.8, 4) is 45.0 Å². The average molecular weight is 565 g/mol. The molecule has 3 heteroatoms. The fraction of sp³-hybridized carbons (Fsp3) is 0.0732. The van der Waals surface area contributed by atoms with Crippen molar-refractivity contribution in [1.29, 1.82) is 0 Å². The Labute approximate surface area is 255 Å². The Hall–Kier alpha value is -5.54. The first-order chi connectivity index (χ1) is 21.5. The van der Waals surface area contributed by atoms with E-state index in [-0.39, 0.29) is 5.41 Å². The number of hydrogen-bond acceptors (Lipinski definition) is 3. The van der Waals surface area contributed by atoms with Gasteiger partial charge in [0.1, 0.15) is 11.2 Å². The van der Waals surface area contributed by atoms with Gasteiger partial charge in [0, 0.05) is 32.9 Å². The van der Waals surface area contributed by atoms with Crippen LogP contribution in [0.4, 0.5) is 0 Å². The molecule has 2 aromatic heterocycles. The lowest BCUT2D eigenvalue weighted by Gasteiger charge is -2.21. The fourth-order valence-corrected chi connectivity index (χ4v) is 7.03. The topological polar surface area (TPSA) is 38.9 Å². The van der Waals surface area contributed by atoms with Gasteiger partial charge in [-0.1, -0.05) is 117 Å². The highest BCUT2D eigenvalue weighted by Crippen LogP contribution is 2.53. The summed E-state index contributed by atoms with van der Waals surface area (Å²) < 4.78 is 6.31. The number of nitrogens with zero attached hydrogens (tertiary/aromatic N) is 2. The molecule has 8 aromatic rings. The maximum Gasteiger partial charge on any atom is 0.160 e. The lowest BCUT2D eigenvalue weighted by Crippen LogP contribution is -2.14. The number of rotatable bonds is 3. The summed E-state index contributed by atoms with van der Waals surface area (Å²) >= 11 is 0. The molecule has 6 aromatic carbocycles. The van der Waals surface area contributed by atoms with E-state index in [0.717, 1.165) is 44.6 Å². The van der Waals surface area contributed by atoms with Gasteiger partial charge in [-0.15, -0.1) is 0 Å². The van der Waals surface area contributed by atoms with Crippen LogP contribution in [0.5, 0.6) is 0 Å². The maximum atomic E-state index is 6.31. The van der Waals surface area contributed by atoms with Crippen molar-refractivity contribution in [1.82, 2.24) is 9.97 Å². The molecule has 1 aliphatic carbocycles. The van der Waals surface area contributed by atoms with Crippen LogP contribution in [-0.4, -0.2) is 9.97 Å². The third kappa shape index (κ3) is 3.69. The van der Waals surface area contributed by atoms with Crippen molar-refractivity contribution < 1.29 is 4.42 Å². The van der Waals surface area contributed by atoms with Gasteiger partial charge in [-0.25, -0.2) is 9.97 Å². The second-order valence-corrected chi connectivity index (χ2v) is 12.2. The SMILES string of the molecule is CC1(C)c2ccc(-c3nc(-c4ccccc4)cc(-c4ccc5ccccc5c4)n3)cc2-c2c1ccc1oc3ccccc3c21. The molecule has 0 radical (unpaired) electrons. The molecule has 1 aliphatic rings.